The van der Waals surface area contributed by atoms with E-state index in [0.717, 1.165) is 37.4 Å². The van der Waals surface area contributed by atoms with E-state index >= 15 is 0 Å². The highest BCUT2D eigenvalue weighted by Crippen LogP contribution is 2.18. The molecule has 1 saturated heterocycles. The molecule has 1 aliphatic heterocycles. The van der Waals surface area contributed by atoms with Gasteiger partial charge >= 0.3 is 0 Å². The molecule has 0 radical (unpaired) electrons. The van der Waals surface area contributed by atoms with E-state index in [0.29, 0.717) is 13.0 Å². The SMILES string of the molecule is CC(C)N(Cc1ccccc1)C(=O)Cc1ccc(N2CCOCC2)cc1. The van der Waals surface area contributed by atoms with Crippen LogP contribution in [0.5, 0.6) is 0 Å². The lowest BCUT2D eigenvalue weighted by Gasteiger charge is -2.29. The topological polar surface area (TPSA) is 32.8 Å². The summed E-state index contributed by atoms with van der Waals surface area (Å²) in [5.74, 6) is 0.169. The number of anilines is 1. The molecule has 0 spiro atoms. The summed E-state index contributed by atoms with van der Waals surface area (Å²) in [4.78, 5) is 17.1. The zero-order chi connectivity index (χ0) is 18.4. The van der Waals surface area contributed by atoms with Crippen molar-refractivity contribution in [2.75, 3.05) is 31.2 Å². The average Bonchev–Trinajstić information content (AvgIpc) is 2.68. The van der Waals surface area contributed by atoms with Crippen molar-refractivity contribution in [1.82, 2.24) is 4.90 Å². The van der Waals surface area contributed by atoms with E-state index in [9.17, 15) is 4.79 Å². The normalized spacial score (nSPS) is 14.5. The molecule has 0 aromatic heterocycles. The summed E-state index contributed by atoms with van der Waals surface area (Å²) in [5.41, 5.74) is 3.43. The first-order valence-corrected chi connectivity index (χ1v) is 9.38. The molecule has 2 aromatic carbocycles. The van der Waals surface area contributed by atoms with Gasteiger partial charge in [-0.3, -0.25) is 4.79 Å². The number of benzene rings is 2. The quantitative estimate of drug-likeness (QED) is 0.798. The van der Waals surface area contributed by atoms with Gasteiger partial charge in [-0.2, -0.15) is 0 Å². The van der Waals surface area contributed by atoms with Crippen molar-refractivity contribution in [2.24, 2.45) is 0 Å². The predicted molar refractivity (Wildman–Crippen MR) is 105 cm³/mol. The van der Waals surface area contributed by atoms with Gasteiger partial charge in [0, 0.05) is 31.4 Å². The third-order valence-corrected chi connectivity index (χ3v) is 4.81. The van der Waals surface area contributed by atoms with Crippen molar-refractivity contribution >= 4 is 11.6 Å². The third kappa shape index (κ3) is 4.85. The Hall–Kier alpha value is -2.33. The van der Waals surface area contributed by atoms with Gasteiger partial charge in [-0.25, -0.2) is 0 Å². The van der Waals surface area contributed by atoms with Crippen molar-refractivity contribution < 1.29 is 9.53 Å². The van der Waals surface area contributed by atoms with E-state index in [4.69, 9.17) is 4.74 Å². The number of carbonyl (C=O) groups is 1. The Bertz CT molecular complexity index is 692. The van der Waals surface area contributed by atoms with Gasteiger partial charge in [0.1, 0.15) is 0 Å². The molecule has 0 unspecified atom stereocenters. The van der Waals surface area contributed by atoms with Gasteiger partial charge in [0.05, 0.1) is 19.6 Å². The first-order valence-electron chi connectivity index (χ1n) is 9.38. The number of hydrogen-bond acceptors (Lipinski definition) is 3. The summed E-state index contributed by atoms with van der Waals surface area (Å²) in [6.45, 7) is 8.22. The van der Waals surface area contributed by atoms with Gasteiger partial charge < -0.3 is 14.5 Å². The molecule has 1 aliphatic rings. The van der Waals surface area contributed by atoms with E-state index in [1.165, 1.54) is 5.69 Å². The molecule has 0 bridgehead atoms. The molecule has 3 rings (SSSR count). The van der Waals surface area contributed by atoms with Crippen LogP contribution >= 0.6 is 0 Å². The molecule has 0 N–H and O–H groups in total. The maximum absolute atomic E-state index is 12.8. The molecular formula is C22H28N2O2. The highest BCUT2D eigenvalue weighted by atomic mass is 16.5. The van der Waals surface area contributed by atoms with Crippen LogP contribution in [0.1, 0.15) is 25.0 Å². The van der Waals surface area contributed by atoms with Gasteiger partial charge in [-0.1, -0.05) is 42.5 Å². The molecule has 0 atom stereocenters. The monoisotopic (exact) mass is 352 g/mol. The van der Waals surface area contributed by atoms with Gasteiger partial charge in [0.25, 0.3) is 0 Å². The maximum atomic E-state index is 12.8. The fourth-order valence-electron chi connectivity index (χ4n) is 3.26. The molecular weight excluding hydrogens is 324 g/mol. The highest BCUT2D eigenvalue weighted by Gasteiger charge is 2.18. The van der Waals surface area contributed by atoms with Crippen LogP contribution in [0.3, 0.4) is 0 Å². The van der Waals surface area contributed by atoms with Crippen LogP contribution in [0.15, 0.2) is 54.6 Å². The van der Waals surface area contributed by atoms with Crippen LogP contribution in [0.2, 0.25) is 0 Å². The Kier molecular flexibility index (Phi) is 6.29. The van der Waals surface area contributed by atoms with Crippen LogP contribution in [0.4, 0.5) is 5.69 Å². The minimum absolute atomic E-state index is 0.169. The lowest BCUT2D eigenvalue weighted by molar-refractivity contribution is -0.132. The van der Waals surface area contributed by atoms with E-state index < -0.39 is 0 Å². The number of carbonyl (C=O) groups excluding carboxylic acids is 1. The molecule has 138 valence electrons. The number of morpholine rings is 1. The van der Waals surface area contributed by atoms with Crippen LogP contribution in [-0.2, 0) is 22.5 Å². The molecule has 1 fully saturated rings. The Morgan fingerprint density at radius 3 is 2.27 bits per heavy atom. The Morgan fingerprint density at radius 2 is 1.65 bits per heavy atom. The van der Waals surface area contributed by atoms with Crippen LogP contribution in [0.25, 0.3) is 0 Å². The molecule has 0 aliphatic carbocycles. The summed E-state index contributed by atoms with van der Waals surface area (Å²) in [6.07, 6.45) is 0.439. The lowest BCUT2D eigenvalue weighted by Crippen LogP contribution is -2.37. The summed E-state index contributed by atoms with van der Waals surface area (Å²) in [5, 5.41) is 0. The van der Waals surface area contributed by atoms with Crippen LogP contribution < -0.4 is 4.90 Å². The van der Waals surface area contributed by atoms with Crippen molar-refractivity contribution in [3.05, 3.63) is 65.7 Å². The largest absolute Gasteiger partial charge is 0.378 e. The first kappa shape index (κ1) is 18.5. The highest BCUT2D eigenvalue weighted by molar-refractivity contribution is 5.79. The fraction of sp³-hybridized carbons (Fsp3) is 0.409. The molecule has 4 nitrogen and oxygen atoms in total. The second-order valence-corrected chi connectivity index (χ2v) is 7.04. The zero-order valence-electron chi connectivity index (χ0n) is 15.7. The molecule has 1 heterocycles. The molecule has 26 heavy (non-hydrogen) atoms. The van der Waals surface area contributed by atoms with Gasteiger partial charge in [0.2, 0.25) is 5.91 Å². The Balaban J connectivity index is 1.63. The number of nitrogens with zero attached hydrogens (tertiary/aromatic N) is 2. The first-order chi connectivity index (χ1) is 12.6. The lowest BCUT2D eigenvalue weighted by atomic mass is 10.1. The predicted octanol–water partition coefficient (Wildman–Crippen LogP) is 3.50. The van der Waals surface area contributed by atoms with Crippen LogP contribution in [0, 0.1) is 0 Å². The molecule has 4 heteroatoms. The average molecular weight is 352 g/mol. The molecule has 1 amide bonds. The zero-order valence-corrected chi connectivity index (χ0v) is 15.7. The second kappa shape index (κ2) is 8.86. The van der Waals surface area contributed by atoms with Gasteiger partial charge in [0.15, 0.2) is 0 Å². The minimum Gasteiger partial charge on any atom is -0.378 e. The van der Waals surface area contributed by atoms with E-state index in [1.807, 2.05) is 23.1 Å². The van der Waals surface area contributed by atoms with E-state index in [-0.39, 0.29) is 11.9 Å². The standard InChI is InChI=1S/C22H28N2O2/c1-18(2)24(17-20-6-4-3-5-7-20)22(25)16-19-8-10-21(11-9-19)23-12-14-26-15-13-23/h3-11,18H,12-17H2,1-2H3. The second-order valence-electron chi connectivity index (χ2n) is 7.04. The smallest absolute Gasteiger partial charge is 0.227 e. The Morgan fingerprint density at radius 1 is 1.00 bits per heavy atom. The summed E-state index contributed by atoms with van der Waals surface area (Å²) >= 11 is 0. The van der Waals surface area contributed by atoms with Crippen molar-refractivity contribution in [3.63, 3.8) is 0 Å². The number of amides is 1. The summed E-state index contributed by atoms with van der Waals surface area (Å²) in [6, 6.07) is 18.7. The summed E-state index contributed by atoms with van der Waals surface area (Å²) < 4.78 is 5.40. The third-order valence-electron chi connectivity index (χ3n) is 4.81. The summed E-state index contributed by atoms with van der Waals surface area (Å²) in [7, 11) is 0. The number of ether oxygens (including phenoxy) is 1. The van der Waals surface area contributed by atoms with Crippen molar-refractivity contribution in [1.29, 1.82) is 0 Å². The number of rotatable bonds is 6. The van der Waals surface area contributed by atoms with Crippen LogP contribution in [-0.4, -0.2) is 43.2 Å². The number of hydrogen-bond donors (Lipinski definition) is 0. The Labute approximate surface area is 156 Å². The fourth-order valence-corrected chi connectivity index (χ4v) is 3.26. The van der Waals surface area contributed by atoms with Gasteiger partial charge in [-0.15, -0.1) is 0 Å². The van der Waals surface area contributed by atoms with Gasteiger partial charge in [-0.05, 0) is 37.1 Å². The van der Waals surface area contributed by atoms with Crippen molar-refractivity contribution in [2.45, 2.75) is 32.9 Å². The minimum atomic E-state index is 0.169. The molecule has 2 aromatic rings. The molecule has 0 saturated carbocycles. The van der Waals surface area contributed by atoms with E-state index in [2.05, 4.69) is 55.1 Å². The van der Waals surface area contributed by atoms with E-state index in [1.54, 1.807) is 0 Å². The maximum Gasteiger partial charge on any atom is 0.227 e. The van der Waals surface area contributed by atoms with Crippen molar-refractivity contribution in [3.8, 4) is 0 Å².